The van der Waals surface area contributed by atoms with Crippen LogP contribution in [0.2, 0.25) is 0 Å². The van der Waals surface area contributed by atoms with Crippen LogP contribution in [0.5, 0.6) is 0 Å². The lowest BCUT2D eigenvalue weighted by Crippen LogP contribution is -2.21. The topological polar surface area (TPSA) is 63.1 Å². The summed E-state index contributed by atoms with van der Waals surface area (Å²) in [5.41, 5.74) is 4.07. The number of aromatic nitrogens is 3. The highest BCUT2D eigenvalue weighted by molar-refractivity contribution is 7.99. The molecule has 172 valence electrons. The van der Waals surface area contributed by atoms with E-state index in [1.54, 1.807) is 0 Å². The second-order valence-electron chi connectivity index (χ2n) is 8.33. The Morgan fingerprint density at radius 2 is 1.47 bits per heavy atom. The Balaban J connectivity index is 1.25. The van der Waals surface area contributed by atoms with Crippen molar-refractivity contribution in [2.75, 3.05) is 24.2 Å². The first-order valence-electron chi connectivity index (χ1n) is 11.6. The molecule has 1 aromatic heterocycles. The van der Waals surface area contributed by atoms with Gasteiger partial charge in [-0.3, -0.25) is 14.3 Å². The van der Waals surface area contributed by atoms with Crippen LogP contribution in [0.1, 0.15) is 18.7 Å². The maximum absolute atomic E-state index is 12.7. The van der Waals surface area contributed by atoms with Gasteiger partial charge in [0.05, 0.1) is 12.3 Å². The van der Waals surface area contributed by atoms with Crippen LogP contribution in [0.15, 0.2) is 90.1 Å². The zero-order valence-electron chi connectivity index (χ0n) is 18.9. The van der Waals surface area contributed by atoms with Gasteiger partial charge in [-0.05, 0) is 61.3 Å². The number of carbonyl (C=O) groups is 1. The van der Waals surface area contributed by atoms with Crippen molar-refractivity contribution in [1.82, 2.24) is 19.7 Å². The lowest BCUT2D eigenvalue weighted by molar-refractivity contribution is -0.113. The summed E-state index contributed by atoms with van der Waals surface area (Å²) in [4.78, 5) is 15.1. The number of likely N-dealkylation sites (tertiary alicyclic amines) is 1. The van der Waals surface area contributed by atoms with Crippen molar-refractivity contribution in [3.63, 3.8) is 0 Å². The first kappa shape index (κ1) is 22.4. The summed E-state index contributed by atoms with van der Waals surface area (Å²) in [6.07, 6.45) is 2.46. The molecule has 4 aromatic rings. The largest absolute Gasteiger partial charge is 0.325 e. The fourth-order valence-corrected chi connectivity index (χ4v) is 4.95. The summed E-state index contributed by atoms with van der Waals surface area (Å²) in [5, 5.41) is 12.6. The number of rotatable bonds is 8. The number of anilines is 1. The molecular formula is C27H27N5OS. The van der Waals surface area contributed by atoms with E-state index in [9.17, 15) is 4.79 Å². The Labute approximate surface area is 204 Å². The van der Waals surface area contributed by atoms with Crippen molar-refractivity contribution >= 4 is 23.4 Å². The molecule has 1 N–H and O–H groups in total. The Bertz CT molecular complexity index is 1220. The van der Waals surface area contributed by atoms with Crippen LogP contribution in [0, 0.1) is 0 Å². The average Bonchev–Trinajstić information content (AvgIpc) is 3.54. The second kappa shape index (κ2) is 10.7. The van der Waals surface area contributed by atoms with Crippen LogP contribution < -0.4 is 5.32 Å². The number of para-hydroxylation sites is 1. The van der Waals surface area contributed by atoms with E-state index in [1.807, 2.05) is 60.7 Å². The number of hydrogen-bond acceptors (Lipinski definition) is 5. The van der Waals surface area contributed by atoms with E-state index in [2.05, 4.69) is 49.2 Å². The smallest absolute Gasteiger partial charge is 0.234 e. The minimum Gasteiger partial charge on any atom is -0.325 e. The average molecular weight is 470 g/mol. The molecule has 34 heavy (non-hydrogen) atoms. The van der Waals surface area contributed by atoms with Crippen LogP contribution in [0.4, 0.5) is 5.69 Å². The van der Waals surface area contributed by atoms with Gasteiger partial charge >= 0.3 is 0 Å². The Morgan fingerprint density at radius 3 is 2.18 bits per heavy atom. The molecule has 5 rings (SSSR count). The highest BCUT2D eigenvalue weighted by Crippen LogP contribution is 2.25. The summed E-state index contributed by atoms with van der Waals surface area (Å²) in [6.45, 7) is 2.95. The van der Waals surface area contributed by atoms with Gasteiger partial charge in [0, 0.05) is 11.4 Å². The number of nitrogens with one attached hydrogen (secondary N) is 1. The molecule has 0 aliphatic carbocycles. The standard InChI is InChI=1S/C27H27N5OS/c33-26(28-23-15-13-22(14-16-23)21-9-3-1-4-10-21)20-34-27-30-29-25(19-31-17-7-8-18-31)32(27)24-11-5-2-6-12-24/h1-6,9-16H,7-8,17-20H2,(H,28,33). The fourth-order valence-electron chi connectivity index (χ4n) is 4.18. The molecule has 1 saturated heterocycles. The van der Waals surface area contributed by atoms with Crippen molar-refractivity contribution in [3.05, 3.63) is 90.8 Å². The fraction of sp³-hybridized carbons (Fsp3) is 0.222. The number of carbonyl (C=O) groups excluding carboxylic acids is 1. The molecule has 7 heteroatoms. The van der Waals surface area contributed by atoms with E-state index in [0.717, 1.165) is 53.1 Å². The zero-order valence-corrected chi connectivity index (χ0v) is 19.7. The third-order valence-electron chi connectivity index (χ3n) is 5.89. The Kier molecular flexibility index (Phi) is 7.02. The van der Waals surface area contributed by atoms with E-state index >= 15 is 0 Å². The van der Waals surface area contributed by atoms with E-state index in [4.69, 9.17) is 0 Å². The Hall–Kier alpha value is -3.42. The summed E-state index contributed by atoms with van der Waals surface area (Å²) in [6, 6.07) is 28.2. The molecule has 0 radical (unpaired) electrons. The monoisotopic (exact) mass is 469 g/mol. The van der Waals surface area contributed by atoms with E-state index in [-0.39, 0.29) is 11.7 Å². The van der Waals surface area contributed by atoms with Gasteiger partial charge in [0.15, 0.2) is 11.0 Å². The molecule has 1 amide bonds. The predicted octanol–water partition coefficient (Wildman–Crippen LogP) is 5.26. The molecule has 0 bridgehead atoms. The van der Waals surface area contributed by atoms with Crippen molar-refractivity contribution < 1.29 is 4.79 Å². The van der Waals surface area contributed by atoms with Crippen molar-refractivity contribution in [1.29, 1.82) is 0 Å². The lowest BCUT2D eigenvalue weighted by Gasteiger charge is -2.16. The van der Waals surface area contributed by atoms with E-state index in [0.29, 0.717) is 0 Å². The van der Waals surface area contributed by atoms with Crippen LogP contribution in [-0.4, -0.2) is 44.4 Å². The summed E-state index contributed by atoms with van der Waals surface area (Å²) in [7, 11) is 0. The third-order valence-corrected chi connectivity index (χ3v) is 6.82. The molecule has 2 heterocycles. The lowest BCUT2D eigenvalue weighted by atomic mass is 10.1. The van der Waals surface area contributed by atoms with E-state index in [1.165, 1.54) is 24.6 Å². The van der Waals surface area contributed by atoms with E-state index < -0.39 is 0 Å². The first-order valence-corrected chi connectivity index (χ1v) is 12.5. The van der Waals surface area contributed by atoms with Gasteiger partial charge in [0.1, 0.15) is 0 Å². The molecule has 1 aliphatic heterocycles. The van der Waals surface area contributed by atoms with Crippen molar-refractivity contribution in [2.45, 2.75) is 24.5 Å². The molecule has 0 unspecified atom stereocenters. The van der Waals surface area contributed by atoms with Crippen molar-refractivity contribution in [3.8, 4) is 16.8 Å². The van der Waals surface area contributed by atoms with Crippen LogP contribution >= 0.6 is 11.8 Å². The van der Waals surface area contributed by atoms with Crippen LogP contribution in [0.3, 0.4) is 0 Å². The van der Waals surface area contributed by atoms with Gasteiger partial charge in [-0.15, -0.1) is 10.2 Å². The quantitative estimate of drug-likeness (QED) is 0.357. The number of benzene rings is 3. The maximum atomic E-state index is 12.7. The van der Waals surface area contributed by atoms with Gasteiger partial charge in [0.25, 0.3) is 0 Å². The maximum Gasteiger partial charge on any atom is 0.234 e. The highest BCUT2D eigenvalue weighted by Gasteiger charge is 2.20. The van der Waals surface area contributed by atoms with Gasteiger partial charge < -0.3 is 5.32 Å². The second-order valence-corrected chi connectivity index (χ2v) is 9.28. The van der Waals surface area contributed by atoms with Crippen LogP contribution in [-0.2, 0) is 11.3 Å². The van der Waals surface area contributed by atoms with Gasteiger partial charge in [-0.25, -0.2) is 0 Å². The summed E-state index contributed by atoms with van der Waals surface area (Å²) >= 11 is 1.41. The third kappa shape index (κ3) is 5.38. The van der Waals surface area contributed by atoms with Crippen LogP contribution in [0.25, 0.3) is 16.8 Å². The molecule has 1 fully saturated rings. The summed E-state index contributed by atoms with van der Waals surface area (Å²) < 4.78 is 2.07. The molecule has 3 aromatic carbocycles. The SMILES string of the molecule is O=C(CSc1nnc(CN2CCCC2)n1-c1ccccc1)Nc1ccc(-c2ccccc2)cc1. The Morgan fingerprint density at radius 1 is 0.824 bits per heavy atom. The molecule has 0 saturated carbocycles. The van der Waals surface area contributed by atoms with Gasteiger partial charge in [-0.2, -0.15) is 0 Å². The normalized spacial score (nSPS) is 13.8. The first-order chi connectivity index (χ1) is 16.8. The summed E-state index contributed by atoms with van der Waals surface area (Å²) in [5.74, 6) is 1.10. The molecule has 0 spiro atoms. The molecule has 6 nitrogen and oxygen atoms in total. The zero-order chi connectivity index (χ0) is 23.2. The molecular weight excluding hydrogens is 442 g/mol. The predicted molar refractivity (Wildman–Crippen MR) is 137 cm³/mol. The highest BCUT2D eigenvalue weighted by atomic mass is 32.2. The van der Waals surface area contributed by atoms with Gasteiger partial charge in [0.2, 0.25) is 5.91 Å². The van der Waals surface area contributed by atoms with Gasteiger partial charge in [-0.1, -0.05) is 72.4 Å². The number of hydrogen-bond donors (Lipinski definition) is 1. The molecule has 0 atom stereocenters. The minimum absolute atomic E-state index is 0.0684. The van der Waals surface area contributed by atoms with Crippen molar-refractivity contribution in [2.24, 2.45) is 0 Å². The molecule has 1 aliphatic rings. The minimum atomic E-state index is -0.0684. The number of nitrogens with zero attached hydrogens (tertiary/aromatic N) is 4. The number of thioether (sulfide) groups is 1. The number of amides is 1.